The fourth-order valence-corrected chi connectivity index (χ4v) is 5.67. The minimum Gasteiger partial charge on any atom is -0.477 e. The van der Waals surface area contributed by atoms with Crippen molar-refractivity contribution in [1.29, 1.82) is 0 Å². The van der Waals surface area contributed by atoms with E-state index < -0.39 is 56.1 Å². The van der Waals surface area contributed by atoms with Gasteiger partial charge in [-0.05, 0) is 31.7 Å². The Bertz CT molecular complexity index is 1210. The monoisotopic (exact) mass is 540 g/mol. The van der Waals surface area contributed by atoms with Crippen molar-refractivity contribution in [3.05, 3.63) is 29.6 Å². The summed E-state index contributed by atoms with van der Waals surface area (Å²) in [5.41, 5.74) is 0. The number of sulfone groups is 1. The van der Waals surface area contributed by atoms with E-state index in [9.17, 15) is 35.2 Å². The molecule has 1 amide bonds. The third-order valence-corrected chi connectivity index (χ3v) is 7.81. The molecule has 35 heavy (non-hydrogen) atoms. The molecule has 3 heterocycles. The molecule has 1 aromatic heterocycles. The molecule has 2 saturated heterocycles. The van der Waals surface area contributed by atoms with Gasteiger partial charge in [-0.1, -0.05) is 0 Å². The first-order valence-corrected chi connectivity index (χ1v) is 13.3. The number of rotatable bonds is 5. The highest BCUT2D eigenvalue weighted by molar-refractivity contribution is 7.90. The molecule has 192 valence electrons. The smallest absolute Gasteiger partial charge is 0.452 e. The Morgan fingerprint density at radius 1 is 1.09 bits per heavy atom. The van der Waals surface area contributed by atoms with E-state index in [2.05, 4.69) is 9.36 Å². The molecule has 2 fully saturated rings. The lowest BCUT2D eigenvalue weighted by atomic mass is 9.98. The minimum absolute atomic E-state index is 0.164. The van der Waals surface area contributed by atoms with Crippen LogP contribution in [0.4, 0.5) is 27.1 Å². The molecular weight excluding hydrogens is 519 g/mol. The quantitative estimate of drug-likeness (QED) is 0.538. The van der Waals surface area contributed by atoms with Crippen molar-refractivity contribution in [2.75, 3.05) is 30.8 Å². The van der Waals surface area contributed by atoms with Crippen molar-refractivity contribution in [2.24, 2.45) is 0 Å². The van der Waals surface area contributed by atoms with Crippen LogP contribution in [0.2, 0.25) is 0 Å². The topological polar surface area (TPSA) is 92.7 Å². The minimum atomic E-state index is -4.62. The summed E-state index contributed by atoms with van der Waals surface area (Å²) in [7, 11) is -3.98. The number of ether oxygens (including phenoxy) is 1. The first-order valence-electron chi connectivity index (χ1n) is 10.7. The lowest BCUT2D eigenvalue weighted by Gasteiger charge is -2.41. The van der Waals surface area contributed by atoms with E-state index in [1.807, 2.05) is 0 Å². The number of anilines is 1. The molecule has 0 bridgehead atoms. The number of halogens is 5. The molecule has 0 unspecified atom stereocenters. The average Bonchev–Trinajstić information content (AvgIpc) is 3.28. The predicted molar refractivity (Wildman–Crippen MR) is 115 cm³/mol. The predicted octanol–water partition coefficient (Wildman–Crippen LogP) is 3.28. The SMILES string of the molecule is CS(=O)(=O)c1cc(F)c(O[C@H]2CCCN(C3CCN(c4nc(C(F)(F)F)ns4)CC3)C2=O)cc1F. The molecular formula is C20H21F5N4O4S2. The number of likely N-dealkylation sites (tertiary alicyclic amines) is 1. The van der Waals surface area contributed by atoms with Crippen LogP contribution < -0.4 is 9.64 Å². The summed E-state index contributed by atoms with van der Waals surface area (Å²) < 4.78 is 98.8. The van der Waals surface area contributed by atoms with E-state index in [4.69, 9.17) is 4.74 Å². The number of aromatic nitrogens is 2. The number of carbonyl (C=O) groups is 1. The molecule has 1 atom stereocenters. The van der Waals surface area contributed by atoms with Crippen LogP contribution in [0.25, 0.3) is 0 Å². The molecule has 0 spiro atoms. The molecule has 2 aliphatic rings. The molecule has 0 N–H and O–H groups in total. The van der Waals surface area contributed by atoms with Gasteiger partial charge in [-0.25, -0.2) is 17.2 Å². The third-order valence-electron chi connectivity index (χ3n) is 5.92. The van der Waals surface area contributed by atoms with Gasteiger partial charge in [0, 0.05) is 49.5 Å². The van der Waals surface area contributed by atoms with Gasteiger partial charge in [0.05, 0.1) is 0 Å². The Morgan fingerprint density at radius 2 is 1.77 bits per heavy atom. The lowest BCUT2D eigenvalue weighted by molar-refractivity contribution is -0.145. The highest BCUT2D eigenvalue weighted by Crippen LogP contribution is 2.33. The van der Waals surface area contributed by atoms with Crippen LogP contribution in [0.3, 0.4) is 0 Å². The number of alkyl halides is 3. The molecule has 2 aliphatic heterocycles. The maximum absolute atomic E-state index is 14.4. The van der Waals surface area contributed by atoms with Gasteiger partial charge in [-0.15, -0.1) is 0 Å². The number of amides is 1. The fourth-order valence-electron chi connectivity index (χ4n) is 4.20. The molecule has 0 saturated carbocycles. The number of carbonyl (C=O) groups excluding carboxylic acids is 1. The van der Waals surface area contributed by atoms with E-state index >= 15 is 0 Å². The summed E-state index contributed by atoms with van der Waals surface area (Å²) in [4.78, 5) is 19.1. The number of nitrogens with zero attached hydrogens (tertiary/aromatic N) is 4. The fraction of sp³-hybridized carbons (Fsp3) is 0.550. The number of benzene rings is 1. The van der Waals surface area contributed by atoms with E-state index in [1.165, 1.54) is 0 Å². The van der Waals surface area contributed by atoms with Crippen LogP contribution >= 0.6 is 11.5 Å². The Kier molecular flexibility index (Phi) is 6.92. The van der Waals surface area contributed by atoms with Crippen LogP contribution in [0.15, 0.2) is 17.0 Å². The Labute approximate surface area is 201 Å². The van der Waals surface area contributed by atoms with Crippen molar-refractivity contribution in [1.82, 2.24) is 14.3 Å². The maximum Gasteiger partial charge on any atom is 0.452 e. The van der Waals surface area contributed by atoms with Crippen LogP contribution in [0.5, 0.6) is 5.75 Å². The van der Waals surface area contributed by atoms with Crippen LogP contribution in [0.1, 0.15) is 31.5 Å². The normalized spacial score (nSPS) is 20.4. The molecule has 1 aromatic carbocycles. The van der Waals surface area contributed by atoms with Gasteiger partial charge < -0.3 is 14.5 Å². The lowest BCUT2D eigenvalue weighted by Crippen LogP contribution is -2.54. The van der Waals surface area contributed by atoms with Gasteiger partial charge >= 0.3 is 6.18 Å². The van der Waals surface area contributed by atoms with Crippen LogP contribution in [-0.4, -0.2) is 66.6 Å². The zero-order valence-corrected chi connectivity index (χ0v) is 20.0. The van der Waals surface area contributed by atoms with E-state index in [-0.39, 0.29) is 17.6 Å². The first-order chi connectivity index (χ1) is 16.3. The van der Waals surface area contributed by atoms with Crippen LogP contribution in [0, 0.1) is 11.6 Å². The van der Waals surface area contributed by atoms with Crippen molar-refractivity contribution in [3.8, 4) is 5.75 Å². The molecule has 8 nitrogen and oxygen atoms in total. The summed E-state index contributed by atoms with van der Waals surface area (Å²) in [6.45, 7) is 1.18. The van der Waals surface area contributed by atoms with Crippen molar-refractivity contribution >= 4 is 32.4 Å². The highest BCUT2D eigenvalue weighted by atomic mass is 32.2. The molecule has 0 aliphatic carbocycles. The van der Waals surface area contributed by atoms with Crippen molar-refractivity contribution in [3.63, 3.8) is 0 Å². The zero-order chi connectivity index (χ0) is 25.5. The standard InChI is InChI=1S/C20H21F5N4O4S2/c1-35(31,32)16-10-12(21)15(9-13(16)22)33-14-3-2-6-29(17(14)30)11-4-7-28(8-5-11)19-26-18(27-34-19)20(23,24)25/h9-11,14H,2-8H2,1H3/t14-/m0/s1. The zero-order valence-electron chi connectivity index (χ0n) is 18.4. The maximum atomic E-state index is 14.4. The van der Waals surface area contributed by atoms with Gasteiger partial charge in [0.25, 0.3) is 5.91 Å². The summed E-state index contributed by atoms with van der Waals surface area (Å²) in [5.74, 6) is -4.42. The molecule has 2 aromatic rings. The van der Waals surface area contributed by atoms with Gasteiger partial charge in [-0.2, -0.15) is 22.5 Å². The van der Waals surface area contributed by atoms with Gasteiger partial charge in [0.1, 0.15) is 10.7 Å². The second kappa shape index (κ2) is 9.48. The Morgan fingerprint density at radius 3 is 2.37 bits per heavy atom. The Balaban J connectivity index is 1.40. The molecule has 0 radical (unpaired) electrons. The first kappa shape index (κ1) is 25.5. The summed E-state index contributed by atoms with van der Waals surface area (Å²) in [6, 6.07) is 0.945. The van der Waals surface area contributed by atoms with Crippen LogP contribution in [-0.2, 0) is 20.8 Å². The van der Waals surface area contributed by atoms with E-state index in [1.54, 1.807) is 9.80 Å². The largest absolute Gasteiger partial charge is 0.477 e. The van der Waals surface area contributed by atoms with Gasteiger partial charge in [0.15, 0.2) is 27.5 Å². The van der Waals surface area contributed by atoms with Crippen molar-refractivity contribution in [2.45, 2.75) is 48.9 Å². The van der Waals surface area contributed by atoms with Gasteiger partial charge in [0.2, 0.25) is 11.0 Å². The van der Waals surface area contributed by atoms with E-state index in [0.29, 0.717) is 62.6 Å². The summed E-state index contributed by atoms with van der Waals surface area (Å²) >= 11 is 0.667. The highest BCUT2D eigenvalue weighted by Gasteiger charge is 2.39. The second-order valence-corrected chi connectivity index (χ2v) is 11.1. The number of hydrogen-bond donors (Lipinski definition) is 0. The number of hydrogen-bond acceptors (Lipinski definition) is 8. The van der Waals surface area contributed by atoms with Crippen molar-refractivity contribution < 1.29 is 39.9 Å². The Hall–Kier alpha value is -2.55. The number of piperidine rings is 2. The summed E-state index contributed by atoms with van der Waals surface area (Å²) in [6.07, 6.45) is -3.16. The van der Waals surface area contributed by atoms with E-state index in [0.717, 1.165) is 6.26 Å². The van der Waals surface area contributed by atoms with Gasteiger partial charge in [-0.3, -0.25) is 4.79 Å². The average molecular weight is 541 g/mol. The summed E-state index contributed by atoms with van der Waals surface area (Å²) in [5, 5.41) is 0.164. The molecule has 15 heteroatoms. The second-order valence-electron chi connectivity index (χ2n) is 8.38. The molecule has 4 rings (SSSR count). The third kappa shape index (κ3) is 5.50.